The van der Waals surface area contributed by atoms with Crippen LogP contribution < -0.4 is 0 Å². The van der Waals surface area contributed by atoms with Crippen LogP contribution >= 0.6 is 0 Å². The maximum Gasteiger partial charge on any atom is 0.158 e. The number of hydrogen-bond acceptors (Lipinski definition) is 3. The van der Waals surface area contributed by atoms with E-state index in [4.69, 9.17) is 4.74 Å². The van der Waals surface area contributed by atoms with Gasteiger partial charge in [-0.05, 0) is 18.6 Å². The number of Topliss-reactive ketones (excluding diaryl/α,β-unsaturated/α-hetero) is 1. The number of carbonyl (C=O) groups excluding carboxylic acids is 1. The Balaban J connectivity index is 3.03. The summed E-state index contributed by atoms with van der Waals surface area (Å²) in [7, 11) is 1.55. The molecule has 14 heavy (non-hydrogen) atoms. The first-order chi connectivity index (χ1) is 6.38. The van der Waals surface area contributed by atoms with Crippen molar-refractivity contribution in [2.75, 3.05) is 7.11 Å². The number of allylic oxidation sites excluding steroid dienone is 1. The molecule has 80 valence electrons. The van der Waals surface area contributed by atoms with Crippen molar-refractivity contribution in [1.29, 1.82) is 0 Å². The molecule has 2 unspecified atom stereocenters. The maximum absolute atomic E-state index is 11.6. The maximum atomic E-state index is 11.6. The Labute approximate surface area is 84.8 Å². The molecule has 1 aliphatic carbocycles. The van der Waals surface area contributed by atoms with Gasteiger partial charge in [-0.15, -0.1) is 0 Å². The molecule has 1 aliphatic rings. The van der Waals surface area contributed by atoms with Crippen molar-refractivity contribution < 1.29 is 14.6 Å². The van der Waals surface area contributed by atoms with Crippen molar-refractivity contribution in [3.8, 4) is 0 Å². The van der Waals surface area contributed by atoms with E-state index in [0.29, 0.717) is 12.0 Å². The Morgan fingerprint density at radius 3 is 2.64 bits per heavy atom. The molecule has 0 aromatic heterocycles. The highest BCUT2D eigenvalue weighted by Gasteiger charge is 2.38. The molecule has 0 fully saturated rings. The van der Waals surface area contributed by atoms with Crippen molar-refractivity contribution >= 4 is 5.78 Å². The van der Waals surface area contributed by atoms with Gasteiger partial charge in [-0.3, -0.25) is 4.79 Å². The lowest BCUT2D eigenvalue weighted by Crippen LogP contribution is -2.39. The number of aliphatic hydroxyl groups is 1. The summed E-state index contributed by atoms with van der Waals surface area (Å²) in [6.45, 7) is 5.53. The molecule has 1 N–H and O–H groups in total. The molecule has 2 atom stereocenters. The second-order valence-electron chi connectivity index (χ2n) is 4.58. The minimum atomic E-state index is -0.631. The summed E-state index contributed by atoms with van der Waals surface area (Å²) >= 11 is 0. The normalized spacial score (nSPS) is 32.4. The zero-order chi connectivity index (χ0) is 10.9. The van der Waals surface area contributed by atoms with Crippen molar-refractivity contribution in [3.63, 3.8) is 0 Å². The van der Waals surface area contributed by atoms with Crippen LogP contribution in [0.3, 0.4) is 0 Å². The lowest BCUT2D eigenvalue weighted by atomic mass is 9.80. The first-order valence-corrected chi connectivity index (χ1v) is 4.81. The lowest BCUT2D eigenvalue weighted by Gasteiger charge is -2.31. The number of aliphatic hydroxyl groups excluding tert-OH is 1. The van der Waals surface area contributed by atoms with E-state index in [0.717, 1.165) is 0 Å². The summed E-state index contributed by atoms with van der Waals surface area (Å²) in [4.78, 5) is 11.6. The van der Waals surface area contributed by atoms with Gasteiger partial charge in [-0.2, -0.15) is 0 Å². The zero-order valence-corrected chi connectivity index (χ0v) is 9.20. The SMILES string of the molecule is COC1C=C(C)C(=O)CC(C)(C)C1O. The molecule has 3 heteroatoms. The lowest BCUT2D eigenvalue weighted by molar-refractivity contribution is -0.119. The fourth-order valence-electron chi connectivity index (χ4n) is 1.73. The standard InChI is InChI=1S/C11H18O3/c1-7-5-9(14-4)10(13)11(2,3)6-8(7)12/h5,9-10,13H,6H2,1-4H3. The molecular formula is C11H18O3. The fraction of sp³-hybridized carbons (Fsp3) is 0.727. The van der Waals surface area contributed by atoms with Gasteiger partial charge in [0.15, 0.2) is 5.78 Å². The minimum absolute atomic E-state index is 0.0913. The molecule has 1 rings (SSSR count). The Morgan fingerprint density at radius 1 is 1.57 bits per heavy atom. The van der Waals surface area contributed by atoms with Crippen LogP contribution in [-0.4, -0.2) is 30.2 Å². The van der Waals surface area contributed by atoms with Gasteiger partial charge in [-0.1, -0.05) is 13.8 Å². The van der Waals surface area contributed by atoms with Gasteiger partial charge in [0.1, 0.15) is 6.10 Å². The zero-order valence-electron chi connectivity index (χ0n) is 9.20. The van der Waals surface area contributed by atoms with Crippen LogP contribution in [-0.2, 0) is 9.53 Å². The topological polar surface area (TPSA) is 46.5 Å². The molecule has 0 amide bonds. The summed E-state index contributed by atoms with van der Waals surface area (Å²) in [5, 5.41) is 9.99. The Kier molecular flexibility index (Phi) is 3.12. The van der Waals surface area contributed by atoms with Crippen molar-refractivity contribution in [2.45, 2.75) is 39.4 Å². The van der Waals surface area contributed by atoms with Gasteiger partial charge in [0.05, 0.1) is 6.10 Å². The Hall–Kier alpha value is -0.670. The average Bonchev–Trinajstić information content (AvgIpc) is 2.16. The summed E-state index contributed by atoms with van der Waals surface area (Å²) < 4.78 is 5.16. The number of methoxy groups -OCH3 is 1. The van der Waals surface area contributed by atoms with E-state index in [1.54, 1.807) is 20.1 Å². The third kappa shape index (κ3) is 2.04. The van der Waals surface area contributed by atoms with Gasteiger partial charge in [0, 0.05) is 18.9 Å². The van der Waals surface area contributed by atoms with Crippen molar-refractivity contribution in [2.24, 2.45) is 5.41 Å². The second-order valence-corrected chi connectivity index (χ2v) is 4.58. The van der Waals surface area contributed by atoms with E-state index in [-0.39, 0.29) is 11.9 Å². The quantitative estimate of drug-likeness (QED) is 0.691. The van der Waals surface area contributed by atoms with E-state index in [2.05, 4.69) is 0 Å². The van der Waals surface area contributed by atoms with Crippen LogP contribution in [0, 0.1) is 5.41 Å². The number of rotatable bonds is 1. The first-order valence-electron chi connectivity index (χ1n) is 4.81. The molecule has 3 nitrogen and oxygen atoms in total. The highest BCUT2D eigenvalue weighted by atomic mass is 16.5. The van der Waals surface area contributed by atoms with Crippen LogP contribution in [0.2, 0.25) is 0 Å². The molecular weight excluding hydrogens is 180 g/mol. The second kappa shape index (κ2) is 3.83. The van der Waals surface area contributed by atoms with Crippen LogP contribution in [0.25, 0.3) is 0 Å². The fourth-order valence-corrected chi connectivity index (χ4v) is 1.73. The van der Waals surface area contributed by atoms with E-state index in [9.17, 15) is 9.90 Å². The third-order valence-corrected chi connectivity index (χ3v) is 2.85. The number of carbonyl (C=O) groups is 1. The molecule has 0 aromatic carbocycles. The van der Waals surface area contributed by atoms with Crippen LogP contribution in [0.5, 0.6) is 0 Å². The number of ether oxygens (including phenoxy) is 1. The highest BCUT2D eigenvalue weighted by Crippen LogP contribution is 2.33. The van der Waals surface area contributed by atoms with E-state index in [1.807, 2.05) is 13.8 Å². The third-order valence-electron chi connectivity index (χ3n) is 2.85. The Morgan fingerprint density at radius 2 is 2.14 bits per heavy atom. The summed E-state index contributed by atoms with van der Waals surface area (Å²) in [5.41, 5.74) is 0.257. The van der Waals surface area contributed by atoms with Crippen molar-refractivity contribution in [3.05, 3.63) is 11.6 Å². The van der Waals surface area contributed by atoms with Crippen LogP contribution in [0.1, 0.15) is 27.2 Å². The molecule has 0 heterocycles. The number of ketones is 1. The van der Waals surface area contributed by atoms with Crippen LogP contribution in [0.4, 0.5) is 0 Å². The highest BCUT2D eigenvalue weighted by molar-refractivity contribution is 5.95. The monoisotopic (exact) mass is 198 g/mol. The van der Waals surface area contributed by atoms with E-state index >= 15 is 0 Å². The molecule has 0 aromatic rings. The van der Waals surface area contributed by atoms with Gasteiger partial charge in [0.25, 0.3) is 0 Å². The largest absolute Gasteiger partial charge is 0.390 e. The summed E-state index contributed by atoms with van der Waals surface area (Å²) in [6.07, 6.45) is 1.07. The average molecular weight is 198 g/mol. The molecule has 0 saturated carbocycles. The minimum Gasteiger partial charge on any atom is -0.390 e. The molecule has 0 saturated heterocycles. The van der Waals surface area contributed by atoms with Crippen molar-refractivity contribution in [1.82, 2.24) is 0 Å². The van der Waals surface area contributed by atoms with Gasteiger partial charge < -0.3 is 9.84 Å². The van der Waals surface area contributed by atoms with Gasteiger partial charge in [-0.25, -0.2) is 0 Å². The van der Waals surface area contributed by atoms with Gasteiger partial charge in [0.2, 0.25) is 0 Å². The molecule has 0 bridgehead atoms. The first kappa shape index (κ1) is 11.4. The Bertz CT molecular complexity index is 266. The summed E-state index contributed by atoms with van der Waals surface area (Å²) in [5.74, 6) is 0.0913. The van der Waals surface area contributed by atoms with E-state index in [1.165, 1.54) is 0 Å². The smallest absolute Gasteiger partial charge is 0.158 e. The van der Waals surface area contributed by atoms with Gasteiger partial charge >= 0.3 is 0 Å². The molecule has 0 aliphatic heterocycles. The predicted octanol–water partition coefficient (Wildman–Crippen LogP) is 1.31. The number of hydrogen-bond donors (Lipinski definition) is 1. The van der Waals surface area contributed by atoms with Crippen LogP contribution in [0.15, 0.2) is 11.6 Å². The molecule has 0 spiro atoms. The molecule has 0 radical (unpaired) electrons. The predicted molar refractivity (Wildman–Crippen MR) is 54.0 cm³/mol. The summed E-state index contributed by atoms with van der Waals surface area (Å²) in [6, 6.07) is 0. The van der Waals surface area contributed by atoms with E-state index < -0.39 is 11.5 Å².